The van der Waals surface area contributed by atoms with Gasteiger partial charge < -0.3 is 15.8 Å². The molecular weight excluding hydrogens is 256 g/mol. The van der Waals surface area contributed by atoms with Crippen LogP contribution in [0.5, 0.6) is 0 Å². The van der Waals surface area contributed by atoms with Crippen LogP contribution >= 0.6 is 0 Å². The van der Waals surface area contributed by atoms with Crippen LogP contribution in [-0.2, 0) is 11.3 Å². The third-order valence-electron chi connectivity index (χ3n) is 2.71. The SMILES string of the molecule is CC(C)(C)OC(=O)NCCn1ncc2c(N)cccc21. The third kappa shape index (κ3) is 3.40. The number of nitrogens with one attached hydrogen (secondary N) is 1. The molecule has 1 amide bonds. The Balaban J connectivity index is 1.94. The lowest BCUT2D eigenvalue weighted by Gasteiger charge is -2.19. The average molecular weight is 276 g/mol. The molecule has 0 aliphatic carbocycles. The van der Waals surface area contributed by atoms with Gasteiger partial charge in [-0.25, -0.2) is 4.79 Å². The Kier molecular flexibility index (Phi) is 3.83. The van der Waals surface area contributed by atoms with Gasteiger partial charge in [-0.2, -0.15) is 5.10 Å². The Labute approximate surface area is 117 Å². The van der Waals surface area contributed by atoms with E-state index in [1.165, 1.54) is 0 Å². The van der Waals surface area contributed by atoms with Crippen LogP contribution in [0.3, 0.4) is 0 Å². The molecule has 108 valence electrons. The predicted octanol–water partition coefficient (Wildman–Crippen LogP) is 2.14. The predicted molar refractivity (Wildman–Crippen MR) is 78.4 cm³/mol. The largest absolute Gasteiger partial charge is 0.444 e. The zero-order valence-corrected chi connectivity index (χ0v) is 12.0. The number of alkyl carbamates (subject to hydrolysis) is 1. The normalized spacial score (nSPS) is 11.6. The molecule has 0 aliphatic heterocycles. The summed E-state index contributed by atoms with van der Waals surface area (Å²) in [4.78, 5) is 11.5. The molecule has 0 unspecified atom stereocenters. The van der Waals surface area contributed by atoms with Gasteiger partial charge in [0.25, 0.3) is 0 Å². The van der Waals surface area contributed by atoms with Crippen molar-refractivity contribution in [3.63, 3.8) is 0 Å². The number of rotatable bonds is 3. The van der Waals surface area contributed by atoms with E-state index in [1.807, 2.05) is 43.7 Å². The first-order valence-corrected chi connectivity index (χ1v) is 6.54. The fourth-order valence-electron chi connectivity index (χ4n) is 1.88. The van der Waals surface area contributed by atoms with Crippen LogP contribution in [0.4, 0.5) is 10.5 Å². The van der Waals surface area contributed by atoms with Crippen molar-refractivity contribution in [2.24, 2.45) is 0 Å². The number of hydrogen-bond acceptors (Lipinski definition) is 4. The minimum atomic E-state index is -0.489. The lowest BCUT2D eigenvalue weighted by Crippen LogP contribution is -2.34. The summed E-state index contributed by atoms with van der Waals surface area (Å²) in [7, 11) is 0. The standard InChI is InChI=1S/C14H20N4O2/c1-14(2,3)20-13(19)16-7-8-18-12-6-4-5-11(15)10(12)9-17-18/h4-6,9H,7-8,15H2,1-3H3,(H,16,19). The number of amides is 1. The van der Waals surface area contributed by atoms with Crippen molar-refractivity contribution >= 4 is 22.7 Å². The lowest BCUT2D eigenvalue weighted by atomic mass is 10.2. The molecule has 3 N–H and O–H groups in total. The minimum Gasteiger partial charge on any atom is -0.444 e. The number of nitrogen functional groups attached to an aromatic ring is 1. The molecule has 1 heterocycles. The molecule has 0 spiro atoms. The molecule has 2 rings (SSSR count). The van der Waals surface area contributed by atoms with Gasteiger partial charge in [0.1, 0.15) is 5.60 Å². The van der Waals surface area contributed by atoms with Crippen molar-refractivity contribution in [1.82, 2.24) is 15.1 Å². The number of nitrogens with zero attached hydrogens (tertiary/aromatic N) is 2. The number of aromatic nitrogens is 2. The number of carbonyl (C=O) groups is 1. The van der Waals surface area contributed by atoms with Crippen molar-refractivity contribution in [2.75, 3.05) is 12.3 Å². The summed E-state index contributed by atoms with van der Waals surface area (Å²) in [5.41, 5.74) is 7.04. The number of hydrogen-bond donors (Lipinski definition) is 2. The summed E-state index contributed by atoms with van der Waals surface area (Å²) in [6, 6.07) is 5.68. The molecule has 6 heteroatoms. The summed E-state index contributed by atoms with van der Waals surface area (Å²) in [5, 5.41) is 7.90. The van der Waals surface area contributed by atoms with E-state index in [0.717, 1.165) is 10.9 Å². The topological polar surface area (TPSA) is 82.2 Å². The first kappa shape index (κ1) is 14.2. The van der Waals surface area contributed by atoms with E-state index in [-0.39, 0.29) is 0 Å². The third-order valence-corrected chi connectivity index (χ3v) is 2.71. The highest BCUT2D eigenvalue weighted by atomic mass is 16.6. The second-order valence-electron chi connectivity index (χ2n) is 5.58. The van der Waals surface area contributed by atoms with Crippen LogP contribution in [0.1, 0.15) is 20.8 Å². The van der Waals surface area contributed by atoms with Crippen LogP contribution in [-0.4, -0.2) is 28.0 Å². The van der Waals surface area contributed by atoms with Crippen molar-refractivity contribution in [1.29, 1.82) is 0 Å². The Morgan fingerprint density at radius 1 is 1.45 bits per heavy atom. The van der Waals surface area contributed by atoms with E-state index in [4.69, 9.17) is 10.5 Å². The van der Waals surface area contributed by atoms with Gasteiger partial charge in [-0.05, 0) is 32.9 Å². The second-order valence-corrected chi connectivity index (χ2v) is 5.58. The highest BCUT2D eigenvalue weighted by Gasteiger charge is 2.15. The molecule has 0 aliphatic rings. The van der Waals surface area contributed by atoms with Crippen molar-refractivity contribution in [3.8, 4) is 0 Å². The summed E-state index contributed by atoms with van der Waals surface area (Å²) in [5.74, 6) is 0. The van der Waals surface area contributed by atoms with Gasteiger partial charge in [0.05, 0.1) is 18.3 Å². The Hall–Kier alpha value is -2.24. The summed E-state index contributed by atoms with van der Waals surface area (Å²) in [6.07, 6.45) is 1.31. The molecule has 0 bridgehead atoms. The maximum absolute atomic E-state index is 11.5. The average Bonchev–Trinajstić information content (AvgIpc) is 2.72. The van der Waals surface area contributed by atoms with Crippen LogP contribution in [0.25, 0.3) is 10.9 Å². The van der Waals surface area contributed by atoms with Crippen LogP contribution in [0.15, 0.2) is 24.4 Å². The van der Waals surface area contributed by atoms with Gasteiger partial charge >= 0.3 is 6.09 Å². The fourth-order valence-corrected chi connectivity index (χ4v) is 1.88. The highest BCUT2D eigenvalue weighted by molar-refractivity contribution is 5.90. The van der Waals surface area contributed by atoms with Crippen LogP contribution in [0, 0.1) is 0 Å². The van der Waals surface area contributed by atoms with Gasteiger partial charge in [0.15, 0.2) is 0 Å². The highest BCUT2D eigenvalue weighted by Crippen LogP contribution is 2.19. The molecule has 20 heavy (non-hydrogen) atoms. The first-order valence-electron chi connectivity index (χ1n) is 6.54. The Morgan fingerprint density at radius 3 is 2.90 bits per heavy atom. The van der Waals surface area contributed by atoms with Gasteiger partial charge in [-0.1, -0.05) is 6.07 Å². The zero-order valence-electron chi connectivity index (χ0n) is 12.0. The number of nitrogens with two attached hydrogens (primary N) is 1. The van der Waals surface area contributed by atoms with E-state index in [2.05, 4.69) is 10.4 Å². The molecule has 1 aromatic carbocycles. The Bertz CT molecular complexity index is 613. The minimum absolute atomic E-state index is 0.423. The number of carbonyl (C=O) groups excluding carboxylic acids is 1. The second kappa shape index (κ2) is 5.40. The van der Waals surface area contributed by atoms with Crippen molar-refractivity contribution in [2.45, 2.75) is 32.9 Å². The fraction of sp³-hybridized carbons (Fsp3) is 0.429. The summed E-state index contributed by atoms with van der Waals surface area (Å²) in [6.45, 7) is 6.50. The molecular formula is C14H20N4O2. The van der Waals surface area contributed by atoms with Crippen molar-refractivity contribution in [3.05, 3.63) is 24.4 Å². The Morgan fingerprint density at radius 2 is 2.20 bits per heavy atom. The molecule has 0 saturated carbocycles. The van der Waals surface area contributed by atoms with Gasteiger partial charge in [0, 0.05) is 17.6 Å². The number of anilines is 1. The van der Waals surface area contributed by atoms with E-state index >= 15 is 0 Å². The maximum atomic E-state index is 11.5. The maximum Gasteiger partial charge on any atom is 0.407 e. The number of ether oxygens (including phenoxy) is 1. The van der Waals surface area contributed by atoms with Crippen LogP contribution < -0.4 is 11.1 Å². The van der Waals surface area contributed by atoms with E-state index in [1.54, 1.807) is 6.20 Å². The quantitative estimate of drug-likeness (QED) is 0.841. The van der Waals surface area contributed by atoms with Crippen LogP contribution in [0.2, 0.25) is 0 Å². The molecule has 6 nitrogen and oxygen atoms in total. The summed E-state index contributed by atoms with van der Waals surface area (Å²) < 4.78 is 6.97. The zero-order chi connectivity index (χ0) is 14.8. The molecule has 2 aromatic rings. The molecule has 0 saturated heterocycles. The molecule has 0 fully saturated rings. The van der Waals surface area contributed by atoms with E-state index in [9.17, 15) is 4.79 Å². The van der Waals surface area contributed by atoms with Gasteiger partial charge in [-0.15, -0.1) is 0 Å². The van der Waals surface area contributed by atoms with Gasteiger partial charge in [-0.3, -0.25) is 4.68 Å². The molecule has 0 radical (unpaired) electrons. The number of fused-ring (bicyclic) bond motifs is 1. The van der Waals surface area contributed by atoms with Gasteiger partial charge in [0.2, 0.25) is 0 Å². The van der Waals surface area contributed by atoms with Crippen molar-refractivity contribution < 1.29 is 9.53 Å². The number of benzene rings is 1. The van der Waals surface area contributed by atoms with E-state index in [0.29, 0.717) is 18.8 Å². The first-order chi connectivity index (χ1) is 9.37. The monoisotopic (exact) mass is 276 g/mol. The van der Waals surface area contributed by atoms with E-state index < -0.39 is 11.7 Å². The molecule has 1 aromatic heterocycles. The lowest BCUT2D eigenvalue weighted by molar-refractivity contribution is 0.0526. The molecule has 0 atom stereocenters. The summed E-state index contributed by atoms with van der Waals surface area (Å²) >= 11 is 0. The smallest absolute Gasteiger partial charge is 0.407 e.